The third-order valence-corrected chi connectivity index (χ3v) is 4.46. The molecule has 26 heavy (non-hydrogen) atoms. The van der Waals surface area contributed by atoms with Gasteiger partial charge in [0.25, 0.3) is 0 Å². The van der Waals surface area contributed by atoms with E-state index >= 15 is 0 Å². The van der Waals surface area contributed by atoms with Crippen molar-refractivity contribution < 1.29 is 9.59 Å². The Morgan fingerprint density at radius 3 is 2.58 bits per heavy atom. The van der Waals surface area contributed by atoms with Crippen molar-refractivity contribution in [3.8, 4) is 0 Å². The highest BCUT2D eigenvalue weighted by Crippen LogP contribution is 2.21. The Morgan fingerprint density at radius 2 is 1.92 bits per heavy atom. The van der Waals surface area contributed by atoms with E-state index in [9.17, 15) is 9.59 Å². The van der Waals surface area contributed by atoms with Gasteiger partial charge in [0.05, 0.1) is 11.2 Å². The van der Waals surface area contributed by atoms with Gasteiger partial charge < -0.3 is 10.2 Å². The first-order chi connectivity index (χ1) is 12.4. The fourth-order valence-electron chi connectivity index (χ4n) is 2.00. The van der Waals surface area contributed by atoms with Crippen LogP contribution in [0.15, 0.2) is 52.5 Å². The van der Waals surface area contributed by atoms with Crippen molar-refractivity contribution in [2.75, 3.05) is 30.6 Å². The summed E-state index contributed by atoms with van der Waals surface area (Å²) in [5, 5.41) is 6.81. The van der Waals surface area contributed by atoms with Crippen molar-refractivity contribution in [2.45, 2.75) is 4.90 Å². The molecule has 6 nitrogen and oxygen atoms in total. The second-order valence-corrected chi connectivity index (χ2v) is 6.77. The minimum absolute atomic E-state index is 0.493. The van der Waals surface area contributed by atoms with E-state index in [0.29, 0.717) is 16.3 Å². The van der Waals surface area contributed by atoms with Crippen LogP contribution in [0.25, 0.3) is 0 Å². The van der Waals surface area contributed by atoms with Crippen LogP contribution in [0.4, 0.5) is 11.4 Å². The first-order valence-electron chi connectivity index (χ1n) is 7.66. The fraction of sp³-hybridized carbons (Fsp3) is 0.167. The number of hydrogen-bond acceptors (Lipinski definition) is 5. The normalized spacial score (nSPS) is 10.6. The van der Waals surface area contributed by atoms with E-state index in [2.05, 4.69) is 15.8 Å². The Morgan fingerprint density at radius 1 is 1.15 bits per heavy atom. The molecule has 0 radical (unpaired) electrons. The maximum absolute atomic E-state index is 11.9. The molecule has 0 unspecified atom stereocenters. The van der Waals surface area contributed by atoms with Gasteiger partial charge in [0.15, 0.2) is 0 Å². The molecular formula is C18H19ClN4O2S. The van der Waals surface area contributed by atoms with E-state index in [1.54, 1.807) is 42.1 Å². The number of amides is 2. The average Bonchev–Trinajstić information content (AvgIpc) is 2.62. The number of hydrogen-bond donors (Lipinski definition) is 2. The standard InChI is InChI=1S/C18H19ClN4O2S/c1-23(2)14-8-7-12(16(19)10-14)11-20-22-18(25)17(24)21-13-5-4-6-15(9-13)26-3/h4-11H,1-3H3,(H,21,24)(H,22,25). The lowest BCUT2D eigenvalue weighted by Crippen LogP contribution is -2.32. The molecule has 2 amide bonds. The number of benzene rings is 2. The SMILES string of the molecule is CSc1cccc(NC(=O)C(=O)NN=Cc2ccc(N(C)C)cc2Cl)c1. The van der Waals surface area contributed by atoms with Gasteiger partial charge in [-0.1, -0.05) is 17.7 Å². The minimum Gasteiger partial charge on any atom is -0.378 e. The van der Waals surface area contributed by atoms with Gasteiger partial charge >= 0.3 is 11.8 Å². The molecule has 136 valence electrons. The van der Waals surface area contributed by atoms with E-state index in [0.717, 1.165) is 10.6 Å². The van der Waals surface area contributed by atoms with Gasteiger partial charge in [-0.3, -0.25) is 9.59 Å². The molecule has 0 saturated carbocycles. The van der Waals surface area contributed by atoms with E-state index in [4.69, 9.17) is 11.6 Å². The van der Waals surface area contributed by atoms with Crippen LogP contribution in [-0.4, -0.2) is 38.4 Å². The Kier molecular flexibility index (Phi) is 7.06. The quantitative estimate of drug-likeness (QED) is 0.356. The summed E-state index contributed by atoms with van der Waals surface area (Å²) in [6.07, 6.45) is 3.32. The molecule has 0 heterocycles. The van der Waals surface area contributed by atoms with Crippen molar-refractivity contribution in [3.05, 3.63) is 53.1 Å². The predicted octanol–water partition coefficient (Wildman–Crippen LogP) is 3.22. The highest BCUT2D eigenvalue weighted by Gasteiger charge is 2.13. The number of nitrogens with one attached hydrogen (secondary N) is 2. The summed E-state index contributed by atoms with van der Waals surface area (Å²) in [7, 11) is 3.82. The Hall–Kier alpha value is -2.51. The molecule has 0 aliphatic carbocycles. The lowest BCUT2D eigenvalue weighted by molar-refractivity contribution is -0.136. The average molecular weight is 391 g/mol. The van der Waals surface area contributed by atoms with Crippen LogP contribution in [-0.2, 0) is 9.59 Å². The van der Waals surface area contributed by atoms with Gasteiger partial charge in [-0.25, -0.2) is 5.43 Å². The van der Waals surface area contributed by atoms with Crippen molar-refractivity contribution >= 4 is 52.8 Å². The molecule has 0 aliphatic rings. The van der Waals surface area contributed by atoms with Crippen molar-refractivity contribution in [3.63, 3.8) is 0 Å². The number of rotatable bonds is 5. The highest BCUT2D eigenvalue weighted by molar-refractivity contribution is 7.98. The molecule has 2 rings (SSSR count). The van der Waals surface area contributed by atoms with Crippen molar-refractivity contribution in [2.24, 2.45) is 5.10 Å². The molecule has 0 atom stereocenters. The van der Waals surface area contributed by atoms with E-state index in [1.807, 2.05) is 37.4 Å². The lowest BCUT2D eigenvalue weighted by Gasteiger charge is -2.13. The van der Waals surface area contributed by atoms with Crippen LogP contribution >= 0.6 is 23.4 Å². The summed E-state index contributed by atoms with van der Waals surface area (Å²) >= 11 is 7.72. The van der Waals surface area contributed by atoms with Crippen LogP contribution in [0, 0.1) is 0 Å². The smallest absolute Gasteiger partial charge is 0.329 e. The Bertz CT molecular complexity index is 840. The zero-order valence-corrected chi connectivity index (χ0v) is 16.2. The van der Waals surface area contributed by atoms with Crippen molar-refractivity contribution in [1.82, 2.24) is 5.43 Å². The number of halogens is 1. The van der Waals surface area contributed by atoms with Crippen LogP contribution < -0.4 is 15.6 Å². The predicted molar refractivity (Wildman–Crippen MR) is 108 cm³/mol. The summed E-state index contributed by atoms with van der Waals surface area (Å²) in [6, 6.07) is 12.6. The van der Waals surface area contributed by atoms with E-state index < -0.39 is 11.8 Å². The van der Waals surface area contributed by atoms with E-state index in [-0.39, 0.29) is 0 Å². The second kappa shape index (κ2) is 9.26. The van der Waals surface area contributed by atoms with Crippen LogP contribution in [0.2, 0.25) is 5.02 Å². The molecule has 2 aromatic carbocycles. The van der Waals surface area contributed by atoms with Crippen LogP contribution in [0.1, 0.15) is 5.56 Å². The highest BCUT2D eigenvalue weighted by atomic mass is 35.5. The number of anilines is 2. The summed E-state index contributed by atoms with van der Waals surface area (Å²) in [5.41, 5.74) is 4.31. The fourth-order valence-corrected chi connectivity index (χ4v) is 2.68. The molecule has 8 heteroatoms. The zero-order valence-electron chi connectivity index (χ0n) is 14.6. The number of thioether (sulfide) groups is 1. The van der Waals surface area contributed by atoms with Crippen LogP contribution in [0.3, 0.4) is 0 Å². The molecule has 0 saturated heterocycles. The Balaban J connectivity index is 1.95. The summed E-state index contributed by atoms with van der Waals surface area (Å²) in [4.78, 5) is 26.6. The molecule has 0 fully saturated rings. The minimum atomic E-state index is -0.864. The van der Waals surface area contributed by atoms with Gasteiger partial charge in [0.2, 0.25) is 0 Å². The van der Waals surface area contributed by atoms with Crippen molar-refractivity contribution in [1.29, 1.82) is 0 Å². The molecule has 0 spiro atoms. The monoisotopic (exact) mass is 390 g/mol. The molecule has 2 N–H and O–H groups in total. The van der Waals surface area contributed by atoms with Gasteiger partial charge in [0.1, 0.15) is 0 Å². The van der Waals surface area contributed by atoms with Gasteiger partial charge in [-0.15, -0.1) is 11.8 Å². The largest absolute Gasteiger partial charge is 0.378 e. The third-order valence-electron chi connectivity index (χ3n) is 3.40. The maximum atomic E-state index is 11.9. The summed E-state index contributed by atoms with van der Waals surface area (Å²) < 4.78 is 0. The summed E-state index contributed by atoms with van der Waals surface area (Å²) in [5.74, 6) is -1.66. The van der Waals surface area contributed by atoms with Crippen LogP contribution in [0.5, 0.6) is 0 Å². The first kappa shape index (κ1) is 19.8. The Labute approximate surface area is 161 Å². The molecule has 0 aliphatic heterocycles. The number of hydrazone groups is 1. The van der Waals surface area contributed by atoms with E-state index in [1.165, 1.54) is 6.21 Å². The summed E-state index contributed by atoms with van der Waals surface area (Å²) in [6.45, 7) is 0. The number of carbonyl (C=O) groups excluding carboxylic acids is 2. The van der Waals surface area contributed by atoms with Gasteiger partial charge in [-0.2, -0.15) is 5.10 Å². The zero-order chi connectivity index (χ0) is 19.1. The molecular weight excluding hydrogens is 372 g/mol. The topological polar surface area (TPSA) is 73.8 Å². The lowest BCUT2D eigenvalue weighted by atomic mass is 10.2. The number of carbonyl (C=O) groups is 2. The maximum Gasteiger partial charge on any atom is 0.329 e. The molecule has 0 aromatic heterocycles. The van der Waals surface area contributed by atoms with Gasteiger partial charge in [0, 0.05) is 35.9 Å². The third kappa shape index (κ3) is 5.50. The second-order valence-electron chi connectivity index (χ2n) is 5.49. The molecule has 0 bridgehead atoms. The first-order valence-corrected chi connectivity index (χ1v) is 9.26. The molecule has 2 aromatic rings. The van der Waals surface area contributed by atoms with Gasteiger partial charge in [-0.05, 0) is 42.7 Å². The number of nitrogens with zero attached hydrogens (tertiary/aromatic N) is 2.